The van der Waals surface area contributed by atoms with Gasteiger partial charge in [-0.25, -0.2) is 4.39 Å². The molecule has 0 bridgehead atoms. The highest BCUT2D eigenvalue weighted by Crippen LogP contribution is 2.03. The van der Waals surface area contributed by atoms with Crippen LogP contribution in [0.2, 0.25) is 0 Å². The van der Waals surface area contributed by atoms with Crippen LogP contribution < -0.4 is 11.1 Å². The maximum absolute atomic E-state index is 12.7. The molecule has 0 spiro atoms. The van der Waals surface area contributed by atoms with Gasteiger partial charge in [-0.2, -0.15) is 0 Å². The topological polar surface area (TPSA) is 92.4 Å². The normalized spacial score (nSPS) is 11.1. The highest BCUT2D eigenvalue weighted by atomic mass is 19.1. The van der Waals surface area contributed by atoms with E-state index in [-0.39, 0.29) is 5.82 Å². The fraction of sp³-hybridized carbons (Fsp3) is 0.182. The molecule has 0 saturated heterocycles. The van der Waals surface area contributed by atoms with Crippen LogP contribution >= 0.6 is 0 Å². The van der Waals surface area contributed by atoms with E-state index in [1.807, 2.05) is 0 Å². The lowest BCUT2D eigenvalue weighted by Gasteiger charge is -2.13. The Labute approximate surface area is 165 Å². The molecule has 2 aromatic carbocycles. The number of hydrogen-bond donors (Lipinski definition) is 3. The van der Waals surface area contributed by atoms with Gasteiger partial charge in [0.1, 0.15) is 18.1 Å². The monoisotopic (exact) mass is 384 g/mol. The highest BCUT2D eigenvalue weighted by Gasteiger charge is 2.17. The zero-order chi connectivity index (χ0) is 21.5. The molecule has 2 unspecified atom stereocenters. The molecule has 0 aliphatic heterocycles. The standard InChI is InChI=1S/C15H9FO.C5H12N2O2.C2H4/c16-15-9-7-13(8-10-15)2-1-12-3-5-14(11-17)6-4-12;1-3(8)4(7-2)5(6)9;1-2/h3-11H;3-4,7-8H,1-2H3,(H2,6,9);1-2H2. The van der Waals surface area contributed by atoms with Gasteiger partial charge in [-0.3, -0.25) is 9.59 Å². The van der Waals surface area contributed by atoms with Gasteiger partial charge in [-0.15, -0.1) is 13.2 Å². The molecule has 148 valence electrons. The van der Waals surface area contributed by atoms with E-state index in [0.29, 0.717) is 5.56 Å². The Morgan fingerprint density at radius 3 is 1.82 bits per heavy atom. The number of halogens is 1. The second-order valence-electron chi connectivity index (χ2n) is 5.41. The fourth-order valence-electron chi connectivity index (χ4n) is 1.94. The predicted molar refractivity (Wildman–Crippen MR) is 109 cm³/mol. The second-order valence-corrected chi connectivity index (χ2v) is 5.41. The van der Waals surface area contributed by atoms with Crippen molar-refractivity contribution in [1.29, 1.82) is 0 Å². The number of likely N-dealkylation sites (N-methyl/N-ethyl adjacent to an activating group) is 1. The van der Waals surface area contributed by atoms with E-state index in [1.54, 1.807) is 43.4 Å². The van der Waals surface area contributed by atoms with Gasteiger partial charge in [0, 0.05) is 16.7 Å². The first-order chi connectivity index (χ1) is 13.4. The van der Waals surface area contributed by atoms with Crippen LogP contribution in [-0.4, -0.2) is 36.5 Å². The lowest BCUT2D eigenvalue weighted by atomic mass is 10.1. The average Bonchev–Trinajstić information content (AvgIpc) is 2.70. The fourth-order valence-corrected chi connectivity index (χ4v) is 1.94. The molecule has 6 heteroatoms. The first-order valence-electron chi connectivity index (χ1n) is 8.35. The molecular weight excluding hydrogens is 359 g/mol. The van der Waals surface area contributed by atoms with E-state index in [0.717, 1.165) is 17.4 Å². The Morgan fingerprint density at radius 2 is 1.54 bits per heavy atom. The van der Waals surface area contributed by atoms with Gasteiger partial charge in [-0.1, -0.05) is 24.0 Å². The number of nitrogens with two attached hydrogens (primary N) is 1. The maximum atomic E-state index is 12.7. The van der Waals surface area contributed by atoms with Gasteiger partial charge in [-0.05, 0) is 50.4 Å². The molecule has 0 saturated carbocycles. The van der Waals surface area contributed by atoms with E-state index >= 15 is 0 Å². The van der Waals surface area contributed by atoms with Gasteiger partial charge < -0.3 is 16.2 Å². The molecular formula is C22H25FN2O3. The van der Waals surface area contributed by atoms with Crippen molar-refractivity contribution in [2.24, 2.45) is 5.73 Å². The van der Waals surface area contributed by atoms with Crippen molar-refractivity contribution in [3.8, 4) is 11.8 Å². The summed E-state index contributed by atoms with van der Waals surface area (Å²) in [5.41, 5.74) is 7.08. The van der Waals surface area contributed by atoms with Gasteiger partial charge in [0.25, 0.3) is 0 Å². The number of carbonyl (C=O) groups excluding carboxylic acids is 2. The van der Waals surface area contributed by atoms with Crippen molar-refractivity contribution in [3.05, 3.63) is 84.2 Å². The number of nitrogens with one attached hydrogen (secondary N) is 1. The van der Waals surface area contributed by atoms with Crippen LogP contribution in [0.4, 0.5) is 4.39 Å². The molecule has 0 radical (unpaired) electrons. The molecule has 28 heavy (non-hydrogen) atoms. The van der Waals surface area contributed by atoms with Crippen LogP contribution in [0.1, 0.15) is 28.4 Å². The van der Waals surface area contributed by atoms with Crippen molar-refractivity contribution in [2.45, 2.75) is 19.1 Å². The third kappa shape index (κ3) is 9.43. The summed E-state index contributed by atoms with van der Waals surface area (Å²) >= 11 is 0. The number of benzene rings is 2. The van der Waals surface area contributed by atoms with Gasteiger partial charge in [0.05, 0.1) is 6.10 Å². The molecule has 4 N–H and O–H groups in total. The molecule has 2 atom stereocenters. The van der Waals surface area contributed by atoms with Crippen molar-refractivity contribution in [1.82, 2.24) is 5.32 Å². The number of amides is 1. The minimum Gasteiger partial charge on any atom is -0.391 e. The first-order valence-corrected chi connectivity index (χ1v) is 8.35. The summed E-state index contributed by atoms with van der Waals surface area (Å²) < 4.78 is 12.7. The van der Waals surface area contributed by atoms with E-state index in [9.17, 15) is 14.0 Å². The zero-order valence-corrected chi connectivity index (χ0v) is 16.0. The predicted octanol–water partition coefficient (Wildman–Crippen LogP) is 2.28. The molecule has 0 aliphatic rings. The maximum Gasteiger partial charge on any atom is 0.237 e. The van der Waals surface area contributed by atoms with Gasteiger partial charge >= 0.3 is 0 Å². The van der Waals surface area contributed by atoms with E-state index in [1.165, 1.54) is 19.1 Å². The van der Waals surface area contributed by atoms with Gasteiger partial charge in [0.15, 0.2) is 0 Å². The zero-order valence-electron chi connectivity index (χ0n) is 16.0. The Kier molecular flexibility index (Phi) is 12.3. The molecule has 0 heterocycles. The van der Waals surface area contributed by atoms with Crippen molar-refractivity contribution in [3.63, 3.8) is 0 Å². The summed E-state index contributed by atoms with van der Waals surface area (Å²) in [7, 11) is 1.57. The summed E-state index contributed by atoms with van der Waals surface area (Å²) in [5, 5.41) is 11.4. The number of carbonyl (C=O) groups is 2. The molecule has 0 aliphatic carbocycles. The van der Waals surface area contributed by atoms with E-state index in [4.69, 9.17) is 10.8 Å². The van der Waals surface area contributed by atoms with Crippen molar-refractivity contribution < 1.29 is 19.1 Å². The molecule has 0 fully saturated rings. The molecule has 2 rings (SSSR count). The number of rotatable bonds is 4. The van der Waals surface area contributed by atoms with Crippen LogP contribution in [0.15, 0.2) is 61.7 Å². The number of primary amides is 1. The minimum absolute atomic E-state index is 0.272. The third-order valence-corrected chi connectivity index (χ3v) is 3.34. The van der Waals surface area contributed by atoms with Crippen molar-refractivity contribution in [2.75, 3.05) is 7.05 Å². The largest absolute Gasteiger partial charge is 0.391 e. The average molecular weight is 384 g/mol. The summed E-state index contributed by atoms with van der Waals surface area (Å²) in [6.07, 6.45) is 0.0597. The molecule has 0 aromatic heterocycles. The minimum atomic E-state index is -0.729. The van der Waals surface area contributed by atoms with Crippen LogP contribution in [0.3, 0.4) is 0 Å². The first kappa shape index (κ1) is 24.7. The smallest absolute Gasteiger partial charge is 0.237 e. The van der Waals surface area contributed by atoms with Crippen molar-refractivity contribution >= 4 is 12.2 Å². The third-order valence-electron chi connectivity index (χ3n) is 3.34. The molecule has 1 amide bonds. The van der Waals surface area contributed by atoms with Gasteiger partial charge in [0.2, 0.25) is 5.91 Å². The molecule has 2 aromatic rings. The lowest BCUT2D eigenvalue weighted by Crippen LogP contribution is -2.46. The number of hydrogen-bond acceptors (Lipinski definition) is 4. The Balaban J connectivity index is 0.000000566. The number of aliphatic hydroxyl groups excluding tert-OH is 1. The quantitative estimate of drug-likeness (QED) is 0.428. The second kappa shape index (κ2) is 13.9. The van der Waals surface area contributed by atoms with Crippen LogP contribution in [0.25, 0.3) is 0 Å². The Bertz CT molecular complexity index is 791. The highest BCUT2D eigenvalue weighted by molar-refractivity contribution is 5.80. The van der Waals surface area contributed by atoms with Crippen LogP contribution in [0, 0.1) is 17.7 Å². The SMILES string of the molecule is C=C.CNC(C(N)=O)C(C)O.O=Cc1ccc(C#Cc2ccc(F)cc2)cc1. The molecule has 5 nitrogen and oxygen atoms in total. The Hall–Kier alpha value is -3.27. The lowest BCUT2D eigenvalue weighted by molar-refractivity contribution is -0.122. The van der Waals surface area contributed by atoms with Crippen LogP contribution in [-0.2, 0) is 4.79 Å². The summed E-state index contributed by atoms with van der Waals surface area (Å²) in [6, 6.07) is 12.3. The summed E-state index contributed by atoms with van der Waals surface area (Å²) in [4.78, 5) is 20.8. The number of aldehydes is 1. The van der Waals surface area contributed by atoms with Crippen LogP contribution in [0.5, 0.6) is 0 Å². The van der Waals surface area contributed by atoms with E-state index < -0.39 is 18.1 Å². The summed E-state index contributed by atoms with van der Waals surface area (Å²) in [5.74, 6) is 5.06. The summed E-state index contributed by atoms with van der Waals surface area (Å²) in [6.45, 7) is 7.51. The number of aliphatic hydroxyl groups is 1. The van der Waals surface area contributed by atoms with E-state index in [2.05, 4.69) is 30.3 Å². The Morgan fingerprint density at radius 1 is 1.11 bits per heavy atom.